The van der Waals surface area contributed by atoms with Gasteiger partial charge in [0.1, 0.15) is 6.54 Å². The Morgan fingerprint density at radius 2 is 2.27 bits per heavy atom. The van der Waals surface area contributed by atoms with E-state index >= 15 is 0 Å². The van der Waals surface area contributed by atoms with Crippen molar-refractivity contribution in [2.75, 3.05) is 27.2 Å². The Morgan fingerprint density at radius 3 is 2.73 bits per heavy atom. The summed E-state index contributed by atoms with van der Waals surface area (Å²) in [4.78, 5) is 34.7. The second-order valence-corrected chi connectivity index (χ2v) is 3.48. The number of carbonyl (C=O) groups is 3. The first-order chi connectivity index (χ1) is 7.04. The van der Waals surface area contributed by atoms with E-state index < -0.39 is 5.97 Å². The van der Waals surface area contributed by atoms with E-state index in [0.29, 0.717) is 6.54 Å². The van der Waals surface area contributed by atoms with Crippen LogP contribution in [0.3, 0.4) is 0 Å². The van der Waals surface area contributed by atoms with Gasteiger partial charge >= 0.3 is 5.97 Å². The Balaban J connectivity index is 2.45. The van der Waals surface area contributed by atoms with Crippen molar-refractivity contribution in [2.24, 2.45) is 5.92 Å². The first kappa shape index (κ1) is 11.5. The number of amides is 2. The lowest BCUT2D eigenvalue weighted by Gasteiger charge is -2.18. The highest BCUT2D eigenvalue weighted by atomic mass is 16.5. The maximum absolute atomic E-state index is 11.7. The van der Waals surface area contributed by atoms with E-state index in [1.54, 1.807) is 0 Å². The van der Waals surface area contributed by atoms with E-state index in [1.165, 1.54) is 19.1 Å². The molecule has 0 aromatic rings. The zero-order valence-electron chi connectivity index (χ0n) is 8.78. The monoisotopic (exact) mass is 214 g/mol. The van der Waals surface area contributed by atoms with E-state index in [2.05, 4.69) is 10.1 Å². The second-order valence-electron chi connectivity index (χ2n) is 3.48. The van der Waals surface area contributed by atoms with Crippen LogP contribution in [0.15, 0.2) is 0 Å². The van der Waals surface area contributed by atoms with E-state index in [9.17, 15) is 14.4 Å². The normalized spacial score (nSPS) is 19.6. The summed E-state index contributed by atoms with van der Waals surface area (Å²) in [5.74, 6) is -1.16. The summed E-state index contributed by atoms with van der Waals surface area (Å²) in [7, 11) is 2.78. The second kappa shape index (κ2) is 4.77. The van der Waals surface area contributed by atoms with Crippen molar-refractivity contribution in [2.45, 2.75) is 6.42 Å². The SMILES string of the molecule is COC(=O)CN(C)C(=O)C1CNC(=O)C1. The number of methoxy groups -OCH3 is 1. The summed E-state index contributed by atoms with van der Waals surface area (Å²) < 4.78 is 4.44. The molecule has 1 rings (SSSR count). The molecule has 0 aliphatic carbocycles. The summed E-state index contributed by atoms with van der Waals surface area (Å²) in [5.41, 5.74) is 0. The van der Waals surface area contributed by atoms with Crippen molar-refractivity contribution in [1.29, 1.82) is 0 Å². The standard InChI is InChI=1S/C9H14N2O4/c1-11(5-8(13)15-2)9(14)6-3-7(12)10-4-6/h6H,3-5H2,1-2H3,(H,10,12). The Labute approximate surface area is 87.6 Å². The molecule has 6 nitrogen and oxygen atoms in total. The smallest absolute Gasteiger partial charge is 0.325 e. The van der Waals surface area contributed by atoms with Crippen LogP contribution in [0.2, 0.25) is 0 Å². The molecule has 0 bridgehead atoms. The Morgan fingerprint density at radius 1 is 1.60 bits per heavy atom. The maximum Gasteiger partial charge on any atom is 0.325 e. The van der Waals surface area contributed by atoms with Gasteiger partial charge < -0.3 is 15.0 Å². The Kier molecular flexibility index (Phi) is 3.65. The number of nitrogens with one attached hydrogen (secondary N) is 1. The van der Waals surface area contributed by atoms with E-state index in [0.717, 1.165) is 0 Å². The molecular formula is C9H14N2O4. The van der Waals surface area contributed by atoms with Crippen molar-refractivity contribution in [3.63, 3.8) is 0 Å². The van der Waals surface area contributed by atoms with E-state index in [4.69, 9.17) is 0 Å². The number of carbonyl (C=O) groups excluding carboxylic acids is 3. The molecule has 1 aliphatic heterocycles. The van der Waals surface area contributed by atoms with Crippen LogP contribution in [0.5, 0.6) is 0 Å². The van der Waals surface area contributed by atoms with Crippen LogP contribution >= 0.6 is 0 Å². The van der Waals surface area contributed by atoms with Crippen molar-refractivity contribution in [1.82, 2.24) is 10.2 Å². The molecule has 1 N–H and O–H groups in total. The van der Waals surface area contributed by atoms with Crippen molar-refractivity contribution >= 4 is 17.8 Å². The van der Waals surface area contributed by atoms with Crippen LogP contribution < -0.4 is 5.32 Å². The molecule has 1 unspecified atom stereocenters. The fraction of sp³-hybridized carbons (Fsp3) is 0.667. The van der Waals surface area contributed by atoms with Gasteiger partial charge in [0.2, 0.25) is 11.8 Å². The Bertz CT molecular complexity index is 290. The molecule has 0 aromatic heterocycles. The van der Waals surface area contributed by atoms with Gasteiger partial charge in [-0.15, -0.1) is 0 Å². The molecule has 1 heterocycles. The molecule has 2 amide bonds. The number of likely N-dealkylation sites (N-methyl/N-ethyl adjacent to an activating group) is 1. The molecule has 0 aromatic carbocycles. The highest BCUT2D eigenvalue weighted by Crippen LogP contribution is 2.11. The van der Waals surface area contributed by atoms with Gasteiger partial charge in [0.15, 0.2) is 0 Å². The van der Waals surface area contributed by atoms with Crippen LogP contribution in [0.1, 0.15) is 6.42 Å². The molecule has 1 atom stereocenters. The number of hydrogen-bond donors (Lipinski definition) is 1. The van der Waals surface area contributed by atoms with Gasteiger partial charge in [0.25, 0.3) is 0 Å². The molecule has 0 saturated carbocycles. The van der Waals surface area contributed by atoms with E-state index in [1.807, 2.05) is 0 Å². The van der Waals surface area contributed by atoms with Gasteiger partial charge in [-0.25, -0.2) is 0 Å². The molecule has 0 spiro atoms. The number of rotatable bonds is 3. The van der Waals surface area contributed by atoms with Crippen molar-refractivity contribution < 1.29 is 19.1 Å². The van der Waals surface area contributed by atoms with Gasteiger partial charge in [-0.3, -0.25) is 14.4 Å². The molecule has 0 radical (unpaired) electrons. The lowest BCUT2D eigenvalue weighted by molar-refractivity contribution is -0.147. The van der Waals surface area contributed by atoms with Crippen LogP contribution in [0, 0.1) is 5.92 Å². The highest BCUT2D eigenvalue weighted by Gasteiger charge is 2.30. The number of nitrogens with zero attached hydrogens (tertiary/aromatic N) is 1. The average Bonchev–Trinajstić information content (AvgIpc) is 2.63. The summed E-state index contributed by atoms with van der Waals surface area (Å²) in [6, 6.07) is 0. The zero-order valence-corrected chi connectivity index (χ0v) is 8.78. The third kappa shape index (κ3) is 2.93. The summed E-state index contributed by atoms with van der Waals surface area (Å²) >= 11 is 0. The molecule has 1 saturated heterocycles. The number of esters is 1. The average molecular weight is 214 g/mol. The number of hydrogen-bond acceptors (Lipinski definition) is 4. The predicted octanol–water partition coefficient (Wildman–Crippen LogP) is -1.25. The fourth-order valence-electron chi connectivity index (χ4n) is 1.43. The largest absolute Gasteiger partial charge is 0.468 e. The quantitative estimate of drug-likeness (QED) is 0.596. The fourth-order valence-corrected chi connectivity index (χ4v) is 1.43. The molecular weight excluding hydrogens is 200 g/mol. The van der Waals surface area contributed by atoms with Crippen molar-refractivity contribution in [3.8, 4) is 0 Å². The van der Waals surface area contributed by atoms with Crippen LogP contribution in [0.25, 0.3) is 0 Å². The molecule has 15 heavy (non-hydrogen) atoms. The topological polar surface area (TPSA) is 75.7 Å². The van der Waals surface area contributed by atoms with Gasteiger partial charge in [-0.1, -0.05) is 0 Å². The van der Waals surface area contributed by atoms with Gasteiger partial charge in [-0.05, 0) is 0 Å². The van der Waals surface area contributed by atoms with E-state index in [-0.39, 0.29) is 30.7 Å². The van der Waals surface area contributed by atoms with Crippen LogP contribution in [-0.4, -0.2) is 49.9 Å². The lowest BCUT2D eigenvalue weighted by Crippen LogP contribution is -2.37. The molecule has 1 fully saturated rings. The summed E-state index contributed by atoms with van der Waals surface area (Å²) in [5, 5.41) is 2.57. The molecule has 84 valence electrons. The number of ether oxygens (including phenoxy) is 1. The van der Waals surface area contributed by atoms with Gasteiger partial charge in [0.05, 0.1) is 13.0 Å². The van der Waals surface area contributed by atoms with Crippen LogP contribution in [-0.2, 0) is 19.1 Å². The van der Waals surface area contributed by atoms with Crippen molar-refractivity contribution in [3.05, 3.63) is 0 Å². The maximum atomic E-state index is 11.7. The predicted molar refractivity (Wildman–Crippen MR) is 50.8 cm³/mol. The lowest BCUT2D eigenvalue weighted by atomic mass is 10.1. The highest BCUT2D eigenvalue weighted by molar-refractivity contribution is 5.90. The first-order valence-electron chi connectivity index (χ1n) is 4.63. The Hall–Kier alpha value is -1.59. The minimum atomic E-state index is -0.469. The summed E-state index contributed by atoms with van der Waals surface area (Å²) in [6.07, 6.45) is 0.199. The minimum Gasteiger partial charge on any atom is -0.468 e. The zero-order chi connectivity index (χ0) is 11.4. The van der Waals surface area contributed by atoms with Crippen LogP contribution in [0.4, 0.5) is 0 Å². The van der Waals surface area contributed by atoms with Gasteiger partial charge in [0, 0.05) is 20.0 Å². The summed E-state index contributed by atoms with van der Waals surface area (Å²) in [6.45, 7) is 0.267. The third-order valence-electron chi connectivity index (χ3n) is 2.30. The first-order valence-corrected chi connectivity index (χ1v) is 4.63. The minimum absolute atomic E-state index is 0.0833. The molecule has 6 heteroatoms. The van der Waals surface area contributed by atoms with Gasteiger partial charge in [-0.2, -0.15) is 0 Å². The molecule has 1 aliphatic rings. The third-order valence-corrected chi connectivity index (χ3v) is 2.30.